The molecular weight excluding hydrogens is 128 g/mol. The minimum absolute atomic E-state index is 0. The molecule has 0 aliphatic rings. The average molecular weight is 133 g/mol. The van der Waals surface area contributed by atoms with Crippen LogP contribution in [0.15, 0.2) is 0 Å². The molecule has 0 amide bonds. The molecule has 0 radical (unpaired) electrons. The second-order valence-electron chi connectivity index (χ2n) is 0.476. The van der Waals surface area contributed by atoms with E-state index in [1.165, 1.54) is 0 Å². The normalized spacial score (nSPS) is 9.67. The van der Waals surface area contributed by atoms with Crippen molar-refractivity contribution in [1.82, 2.24) is 6.15 Å². The Kier molecular flexibility index (Phi) is 3.72. The lowest BCUT2D eigenvalue weighted by Crippen LogP contribution is -2.00. The van der Waals surface area contributed by atoms with Crippen LogP contribution in [0.4, 0.5) is 0 Å². The van der Waals surface area contributed by atoms with E-state index in [-0.39, 0.29) is 6.15 Å². The second kappa shape index (κ2) is 2.35. The van der Waals surface area contributed by atoms with Gasteiger partial charge in [0.25, 0.3) is 9.24 Å². The van der Waals surface area contributed by atoms with Crippen LogP contribution in [0.25, 0.3) is 0 Å². The van der Waals surface area contributed by atoms with Crippen molar-refractivity contribution < 1.29 is 8.42 Å². The zero-order chi connectivity index (χ0) is 4.50. The Bertz CT molecular complexity index is 94.7. The van der Waals surface area contributed by atoms with Gasteiger partial charge in [-0.25, -0.2) is 5.14 Å². The maximum Gasteiger partial charge on any atom is 0.294 e. The fraction of sp³-hybridized carbons (Fsp3) is 0. The van der Waals surface area contributed by atoms with Gasteiger partial charge in [-0.2, -0.15) is 8.42 Å². The molecule has 0 fully saturated rings. The standard InChI is InChI=1S/ClH2NO2S.H3N/c1-5(2,3)4;/h(H2,2,3,4);1H3. The first-order chi connectivity index (χ1) is 2.00. The highest BCUT2D eigenvalue weighted by Crippen LogP contribution is 1.77. The van der Waals surface area contributed by atoms with Crippen LogP contribution >= 0.6 is 10.7 Å². The Hall–Kier alpha value is 0.160. The third-order valence-electron chi connectivity index (χ3n) is 0. The molecule has 0 spiro atoms. The molecule has 0 bridgehead atoms. The van der Waals surface area contributed by atoms with Crippen molar-refractivity contribution in [3.05, 3.63) is 0 Å². The predicted octanol–water partition coefficient (Wildman–Crippen LogP) is -0.409. The highest BCUT2D eigenvalue weighted by Gasteiger charge is 1.83. The van der Waals surface area contributed by atoms with E-state index in [1.54, 1.807) is 0 Å². The van der Waals surface area contributed by atoms with Gasteiger partial charge in [0.15, 0.2) is 0 Å². The second-order valence-corrected chi connectivity index (χ2v) is 2.72. The third kappa shape index (κ3) is 1620. The van der Waals surface area contributed by atoms with E-state index in [1.807, 2.05) is 0 Å². The minimum atomic E-state index is -3.69. The van der Waals surface area contributed by atoms with Crippen LogP contribution < -0.4 is 11.3 Å². The molecule has 40 valence electrons. The summed E-state index contributed by atoms with van der Waals surface area (Å²) in [5.74, 6) is 0. The fourth-order valence-electron chi connectivity index (χ4n) is 0. The quantitative estimate of drug-likeness (QED) is 0.439. The molecule has 0 aromatic heterocycles. The summed E-state index contributed by atoms with van der Waals surface area (Å²) in [6.45, 7) is 0. The number of hydrogen-bond donors (Lipinski definition) is 2. The van der Waals surface area contributed by atoms with Gasteiger partial charge in [-0.1, -0.05) is 0 Å². The van der Waals surface area contributed by atoms with Gasteiger partial charge in [-0.15, -0.1) is 0 Å². The van der Waals surface area contributed by atoms with E-state index >= 15 is 0 Å². The van der Waals surface area contributed by atoms with E-state index in [0.29, 0.717) is 0 Å². The van der Waals surface area contributed by atoms with Crippen LogP contribution in [0.2, 0.25) is 0 Å². The molecule has 0 aromatic carbocycles. The van der Waals surface area contributed by atoms with E-state index in [2.05, 4.69) is 15.8 Å². The van der Waals surface area contributed by atoms with Crippen molar-refractivity contribution in [3.8, 4) is 0 Å². The Balaban J connectivity index is 0. The average Bonchev–Trinajstić information content (AvgIpc) is 0.722. The summed E-state index contributed by atoms with van der Waals surface area (Å²) in [7, 11) is 0.586. The topological polar surface area (TPSA) is 95.2 Å². The number of halogens is 1. The van der Waals surface area contributed by atoms with E-state index in [4.69, 9.17) is 0 Å². The molecule has 0 saturated heterocycles. The Morgan fingerprint density at radius 3 is 1.50 bits per heavy atom. The first kappa shape index (κ1) is 9.48. The summed E-state index contributed by atoms with van der Waals surface area (Å²) in [5.41, 5.74) is 0. The van der Waals surface area contributed by atoms with Crippen LogP contribution in [-0.4, -0.2) is 8.42 Å². The zero-order valence-electron chi connectivity index (χ0n) is 2.89. The van der Waals surface area contributed by atoms with Gasteiger partial charge in [0.2, 0.25) is 0 Å². The van der Waals surface area contributed by atoms with Crippen LogP contribution in [-0.2, 0) is 9.24 Å². The molecule has 5 N–H and O–H groups in total. The highest BCUT2D eigenvalue weighted by molar-refractivity contribution is 8.11. The van der Waals surface area contributed by atoms with Crippen molar-refractivity contribution in [3.63, 3.8) is 0 Å². The molecule has 0 unspecified atom stereocenters. The van der Waals surface area contributed by atoms with Crippen LogP contribution in [0.3, 0.4) is 0 Å². The number of hydrogen-bond acceptors (Lipinski definition) is 3. The van der Waals surface area contributed by atoms with Crippen molar-refractivity contribution in [2.45, 2.75) is 0 Å². The third-order valence-corrected chi connectivity index (χ3v) is 0. The summed E-state index contributed by atoms with van der Waals surface area (Å²) in [6.07, 6.45) is 0. The Morgan fingerprint density at radius 1 is 1.50 bits per heavy atom. The number of rotatable bonds is 0. The first-order valence-electron chi connectivity index (χ1n) is 0.723. The molecule has 0 aliphatic carbocycles. The van der Waals surface area contributed by atoms with Gasteiger partial charge in [0.1, 0.15) is 0 Å². The van der Waals surface area contributed by atoms with Crippen molar-refractivity contribution in [1.29, 1.82) is 0 Å². The molecule has 0 heterocycles. The molecule has 6 heavy (non-hydrogen) atoms. The smallest absolute Gasteiger partial charge is 0.294 e. The van der Waals surface area contributed by atoms with Gasteiger partial charge in [0.05, 0.1) is 0 Å². The van der Waals surface area contributed by atoms with Crippen molar-refractivity contribution in [2.75, 3.05) is 0 Å². The SMILES string of the molecule is N.NS(=O)(=O)Cl. The lowest BCUT2D eigenvalue weighted by atomic mass is 14.0. The summed E-state index contributed by atoms with van der Waals surface area (Å²) in [6, 6.07) is 0. The van der Waals surface area contributed by atoms with E-state index in [0.717, 1.165) is 0 Å². The lowest BCUT2D eigenvalue weighted by Gasteiger charge is -1.66. The first-order valence-corrected chi connectivity index (χ1v) is 3.10. The molecule has 0 aliphatic heterocycles. The number of nitrogens with two attached hydrogens (primary N) is 1. The molecule has 0 aromatic rings. The van der Waals surface area contributed by atoms with Gasteiger partial charge in [-0.05, 0) is 0 Å². The van der Waals surface area contributed by atoms with Gasteiger partial charge in [0, 0.05) is 10.7 Å². The monoisotopic (exact) mass is 132 g/mol. The van der Waals surface area contributed by atoms with Gasteiger partial charge >= 0.3 is 0 Å². The largest absolute Gasteiger partial charge is 0.344 e. The van der Waals surface area contributed by atoms with Crippen molar-refractivity contribution >= 4 is 19.9 Å². The minimum Gasteiger partial charge on any atom is -0.344 e. The molecule has 0 atom stereocenters. The molecule has 0 saturated carbocycles. The van der Waals surface area contributed by atoms with Crippen LogP contribution in [0.5, 0.6) is 0 Å². The molecule has 6 heteroatoms. The lowest BCUT2D eigenvalue weighted by molar-refractivity contribution is 0.611. The van der Waals surface area contributed by atoms with Gasteiger partial charge in [-0.3, -0.25) is 0 Å². The fourth-order valence-corrected chi connectivity index (χ4v) is 0. The van der Waals surface area contributed by atoms with Crippen LogP contribution in [0, 0.1) is 0 Å². The Morgan fingerprint density at radius 2 is 1.50 bits per heavy atom. The summed E-state index contributed by atoms with van der Waals surface area (Å²) in [5, 5.41) is 4.09. The van der Waals surface area contributed by atoms with E-state index in [9.17, 15) is 8.42 Å². The maximum atomic E-state index is 9.18. The summed E-state index contributed by atoms with van der Waals surface area (Å²) < 4.78 is 18.4. The van der Waals surface area contributed by atoms with Crippen molar-refractivity contribution in [2.24, 2.45) is 5.14 Å². The molecule has 4 nitrogen and oxygen atoms in total. The van der Waals surface area contributed by atoms with E-state index < -0.39 is 9.24 Å². The predicted molar refractivity (Wildman–Crippen MR) is 24.0 cm³/mol. The van der Waals surface area contributed by atoms with Crippen LogP contribution in [0.1, 0.15) is 0 Å². The summed E-state index contributed by atoms with van der Waals surface area (Å²) in [4.78, 5) is 0. The zero-order valence-corrected chi connectivity index (χ0v) is 4.46. The molecule has 0 rings (SSSR count). The summed E-state index contributed by atoms with van der Waals surface area (Å²) >= 11 is 0. The highest BCUT2D eigenvalue weighted by atomic mass is 35.7. The molecular formula is H5ClN2O2S. The maximum absolute atomic E-state index is 9.18. The Labute approximate surface area is 40.4 Å². The van der Waals surface area contributed by atoms with Gasteiger partial charge < -0.3 is 6.15 Å².